The average molecular weight is 747 g/mol. The highest BCUT2D eigenvalue weighted by molar-refractivity contribution is 7.99. The van der Waals surface area contributed by atoms with Gasteiger partial charge in [-0.15, -0.1) is 0 Å². The maximum absolute atomic E-state index is 5.06. The van der Waals surface area contributed by atoms with Crippen LogP contribution in [-0.2, 0) is 5.41 Å². The van der Waals surface area contributed by atoms with Gasteiger partial charge >= 0.3 is 0 Å². The first-order valence-corrected chi connectivity index (χ1v) is 20.3. The molecule has 3 aliphatic rings. The molecular formula is C52H34N4S. The Hall–Kier alpha value is -6.95. The summed E-state index contributed by atoms with van der Waals surface area (Å²) in [5.74, 6) is 1.53. The van der Waals surface area contributed by atoms with E-state index in [1.165, 1.54) is 65.1 Å². The molecular weight excluding hydrogens is 713 g/mol. The minimum Gasteiger partial charge on any atom is -0.344 e. The van der Waals surface area contributed by atoms with Crippen LogP contribution >= 0.6 is 11.8 Å². The molecule has 0 bridgehead atoms. The second-order valence-electron chi connectivity index (χ2n) is 14.9. The topological polar surface area (TPSA) is 41.7 Å². The number of hydrogen-bond acceptors (Lipinski definition) is 4. The predicted octanol–water partition coefficient (Wildman–Crippen LogP) is 12.1. The molecule has 0 radical (unpaired) electrons. The number of fused-ring (bicyclic) bond motifs is 11. The predicted molar refractivity (Wildman–Crippen MR) is 234 cm³/mol. The van der Waals surface area contributed by atoms with Gasteiger partial charge < -0.3 is 9.88 Å². The first-order chi connectivity index (χ1) is 28.3. The van der Waals surface area contributed by atoms with Crippen molar-refractivity contribution in [1.29, 1.82) is 0 Å². The number of hydrogen-bond donors (Lipinski definition) is 1. The number of para-hydroxylation sites is 3. The average Bonchev–Trinajstić information content (AvgIpc) is 3.63. The number of aromatic nitrogens is 1. The lowest BCUT2D eigenvalue weighted by Gasteiger charge is -2.45. The molecule has 3 aliphatic heterocycles. The quantitative estimate of drug-likeness (QED) is 0.195. The van der Waals surface area contributed by atoms with E-state index in [0.29, 0.717) is 0 Å². The highest BCUT2D eigenvalue weighted by Gasteiger charge is 2.49. The molecule has 4 heterocycles. The van der Waals surface area contributed by atoms with Crippen LogP contribution in [0.3, 0.4) is 0 Å². The zero-order valence-electron chi connectivity index (χ0n) is 30.8. The second kappa shape index (κ2) is 12.5. The van der Waals surface area contributed by atoms with Crippen molar-refractivity contribution in [3.63, 3.8) is 0 Å². The van der Waals surface area contributed by atoms with Gasteiger partial charge in [-0.1, -0.05) is 176 Å². The van der Waals surface area contributed by atoms with Gasteiger partial charge in [-0.2, -0.15) is 0 Å². The fraction of sp³-hybridized carbons (Fsp3) is 0.0385. The minimum atomic E-state index is -0.520. The lowest BCUT2D eigenvalue weighted by Crippen LogP contribution is -2.37. The van der Waals surface area contributed by atoms with Crippen molar-refractivity contribution >= 4 is 45.2 Å². The molecule has 0 amide bonds. The molecule has 268 valence electrons. The molecule has 2 unspecified atom stereocenters. The van der Waals surface area contributed by atoms with Gasteiger partial charge in [-0.25, -0.2) is 9.98 Å². The Morgan fingerprint density at radius 1 is 0.491 bits per heavy atom. The Morgan fingerprint density at radius 2 is 1.14 bits per heavy atom. The van der Waals surface area contributed by atoms with E-state index in [1.807, 2.05) is 36.0 Å². The van der Waals surface area contributed by atoms with Crippen LogP contribution in [0.15, 0.2) is 214 Å². The van der Waals surface area contributed by atoms with E-state index in [4.69, 9.17) is 9.98 Å². The van der Waals surface area contributed by atoms with Crippen LogP contribution in [0.25, 0.3) is 38.6 Å². The summed E-state index contributed by atoms with van der Waals surface area (Å²) in [4.78, 5) is 12.7. The Kier molecular flexibility index (Phi) is 7.10. The fourth-order valence-corrected chi connectivity index (χ4v) is 10.6. The third-order valence-corrected chi connectivity index (χ3v) is 13.1. The maximum atomic E-state index is 5.06. The Morgan fingerprint density at radius 3 is 2.00 bits per heavy atom. The number of amidine groups is 2. The Labute approximate surface area is 334 Å². The summed E-state index contributed by atoms with van der Waals surface area (Å²) in [7, 11) is 0. The van der Waals surface area contributed by atoms with E-state index < -0.39 is 5.41 Å². The number of benzene rings is 8. The molecule has 2 atom stereocenters. The van der Waals surface area contributed by atoms with Crippen LogP contribution in [0.5, 0.6) is 0 Å². The number of nitrogens with one attached hydrogen (secondary N) is 1. The van der Waals surface area contributed by atoms with E-state index in [-0.39, 0.29) is 6.17 Å². The van der Waals surface area contributed by atoms with Crippen LogP contribution in [0.2, 0.25) is 0 Å². The summed E-state index contributed by atoms with van der Waals surface area (Å²) in [5, 5.41) is 6.20. The van der Waals surface area contributed by atoms with Gasteiger partial charge in [0.1, 0.15) is 12.0 Å². The van der Waals surface area contributed by atoms with Crippen molar-refractivity contribution in [2.24, 2.45) is 9.98 Å². The second-order valence-corrected chi connectivity index (χ2v) is 16.0. The summed E-state index contributed by atoms with van der Waals surface area (Å²) in [6.07, 6.45) is -0.243. The van der Waals surface area contributed by atoms with Gasteiger partial charge in [0, 0.05) is 31.7 Å². The molecule has 0 aliphatic carbocycles. The molecule has 0 saturated heterocycles. The van der Waals surface area contributed by atoms with Gasteiger partial charge in [0.2, 0.25) is 0 Å². The van der Waals surface area contributed by atoms with Crippen LogP contribution < -0.4 is 5.32 Å². The lowest BCUT2D eigenvalue weighted by molar-refractivity contribution is 0.674. The molecule has 1 N–H and O–H groups in total. The number of aliphatic imine (C=N–C) groups is 2. The van der Waals surface area contributed by atoms with Crippen molar-refractivity contribution in [3.05, 3.63) is 233 Å². The summed E-state index contributed by atoms with van der Waals surface area (Å²) in [5.41, 5.74) is 14.0. The van der Waals surface area contributed by atoms with Crippen molar-refractivity contribution in [2.75, 3.05) is 0 Å². The molecule has 0 saturated carbocycles. The van der Waals surface area contributed by atoms with E-state index in [1.54, 1.807) is 0 Å². The third kappa shape index (κ3) is 4.76. The van der Waals surface area contributed by atoms with Crippen LogP contribution in [0.1, 0.15) is 45.1 Å². The summed E-state index contributed by atoms with van der Waals surface area (Å²) in [6, 6.07) is 70.4. The van der Waals surface area contributed by atoms with E-state index in [9.17, 15) is 0 Å². The maximum Gasteiger partial charge on any atom is 0.159 e. The van der Waals surface area contributed by atoms with Gasteiger partial charge in [0.25, 0.3) is 0 Å². The Balaban J connectivity index is 1.02. The standard InChI is InChI=1S/C52H34N4S/c1-3-14-34(15-4-1)49-53-50(35-16-5-2-6-17-35)55-51(54-49)36-28-26-33(27-29-36)37-30-31-47-43(32-37)52(41-21-9-12-25-46(41)57-47)40-20-8-11-24-45(40)56-44-23-10-7-18-38(44)39-19-13-22-42(52)48(39)56/h1-32,49H,(H,53,54,55). The van der Waals surface area contributed by atoms with Crippen molar-refractivity contribution in [3.8, 4) is 16.8 Å². The monoisotopic (exact) mass is 746 g/mol. The van der Waals surface area contributed by atoms with E-state index >= 15 is 0 Å². The smallest absolute Gasteiger partial charge is 0.159 e. The molecule has 4 nitrogen and oxygen atoms in total. The van der Waals surface area contributed by atoms with Crippen molar-refractivity contribution in [2.45, 2.75) is 21.4 Å². The van der Waals surface area contributed by atoms with Gasteiger partial charge in [-0.3, -0.25) is 0 Å². The zero-order valence-corrected chi connectivity index (χ0v) is 31.6. The fourth-order valence-electron chi connectivity index (χ4n) is 9.44. The third-order valence-electron chi connectivity index (χ3n) is 11.9. The van der Waals surface area contributed by atoms with Crippen molar-refractivity contribution in [1.82, 2.24) is 9.88 Å². The van der Waals surface area contributed by atoms with Gasteiger partial charge in [0.05, 0.1) is 22.1 Å². The first kappa shape index (κ1) is 32.3. The molecule has 5 heteroatoms. The lowest BCUT2D eigenvalue weighted by atomic mass is 9.62. The molecule has 1 spiro atoms. The van der Waals surface area contributed by atoms with Crippen LogP contribution in [0.4, 0.5) is 0 Å². The van der Waals surface area contributed by atoms with Gasteiger partial charge in [0.15, 0.2) is 5.84 Å². The summed E-state index contributed by atoms with van der Waals surface area (Å²) in [6.45, 7) is 0. The number of rotatable bonds is 4. The van der Waals surface area contributed by atoms with E-state index in [0.717, 1.165) is 33.9 Å². The molecule has 12 rings (SSSR count). The SMILES string of the molecule is c1ccc(C2=NC(c3ccccc3)NC(c3ccc(-c4ccc5c(c4)C4(c6ccccc6S5)c5ccccc5-n5c6ccccc6c6cccc4c65)cc3)=N2)cc1. The molecule has 0 fully saturated rings. The normalized spacial score (nSPS) is 17.6. The molecule has 8 aromatic carbocycles. The van der Waals surface area contributed by atoms with E-state index in [2.05, 4.69) is 180 Å². The molecule has 57 heavy (non-hydrogen) atoms. The number of nitrogens with zero attached hydrogens (tertiary/aromatic N) is 3. The van der Waals surface area contributed by atoms with Crippen LogP contribution in [0, 0.1) is 0 Å². The summed E-state index contributed by atoms with van der Waals surface area (Å²) < 4.78 is 2.51. The van der Waals surface area contributed by atoms with Gasteiger partial charge in [-0.05, 0) is 69.3 Å². The minimum absolute atomic E-state index is 0.243. The summed E-state index contributed by atoms with van der Waals surface area (Å²) >= 11 is 1.88. The Bertz CT molecular complexity index is 3130. The molecule has 9 aromatic rings. The van der Waals surface area contributed by atoms with Crippen molar-refractivity contribution < 1.29 is 0 Å². The highest BCUT2D eigenvalue weighted by Crippen LogP contribution is 2.60. The van der Waals surface area contributed by atoms with Crippen LogP contribution in [-0.4, -0.2) is 16.2 Å². The molecule has 1 aromatic heterocycles. The zero-order chi connectivity index (χ0) is 37.5. The largest absolute Gasteiger partial charge is 0.344 e. The highest BCUT2D eigenvalue weighted by atomic mass is 32.2. The first-order valence-electron chi connectivity index (χ1n) is 19.4.